The summed E-state index contributed by atoms with van der Waals surface area (Å²) in [6.07, 6.45) is 2.30. The molecule has 2 aliphatic rings. The number of hydrogen-bond donors (Lipinski definition) is 1. The molecule has 1 N–H and O–H groups in total. The molecule has 4 heteroatoms. The van der Waals surface area contributed by atoms with Gasteiger partial charge < -0.3 is 10.2 Å². The van der Waals surface area contributed by atoms with Crippen LogP contribution in [0, 0.1) is 0 Å². The van der Waals surface area contributed by atoms with Crippen molar-refractivity contribution in [1.29, 1.82) is 0 Å². The normalized spacial score (nSPS) is 31.8. The summed E-state index contributed by atoms with van der Waals surface area (Å²) in [6.45, 7) is 2.48. The Balaban J connectivity index is 2.19. The molecule has 4 nitrogen and oxygen atoms in total. The van der Waals surface area contributed by atoms with Gasteiger partial charge in [0.1, 0.15) is 6.04 Å². The van der Waals surface area contributed by atoms with Crippen molar-refractivity contribution >= 4 is 11.8 Å². The Morgan fingerprint density at radius 1 is 1.62 bits per heavy atom. The van der Waals surface area contributed by atoms with Crippen LogP contribution in [0.3, 0.4) is 0 Å². The zero-order valence-electron chi connectivity index (χ0n) is 7.75. The van der Waals surface area contributed by atoms with Crippen LogP contribution < -0.4 is 5.32 Å². The van der Waals surface area contributed by atoms with Gasteiger partial charge in [0.25, 0.3) is 0 Å². The van der Waals surface area contributed by atoms with E-state index in [1.807, 2.05) is 6.92 Å². The fourth-order valence-electron chi connectivity index (χ4n) is 2.24. The Hall–Kier alpha value is -1.06. The summed E-state index contributed by atoms with van der Waals surface area (Å²) in [4.78, 5) is 24.7. The number of nitrogens with one attached hydrogen (secondary N) is 1. The largest absolute Gasteiger partial charge is 0.352 e. The van der Waals surface area contributed by atoms with E-state index in [2.05, 4.69) is 5.32 Å². The molecule has 0 spiro atoms. The first-order valence-corrected chi connectivity index (χ1v) is 4.83. The molecule has 0 aliphatic carbocycles. The maximum Gasteiger partial charge on any atom is 0.242 e. The quantitative estimate of drug-likeness (QED) is 0.615. The van der Waals surface area contributed by atoms with Crippen molar-refractivity contribution in [2.24, 2.45) is 0 Å². The highest BCUT2D eigenvalue weighted by Gasteiger charge is 2.43. The second-order valence-electron chi connectivity index (χ2n) is 3.65. The highest BCUT2D eigenvalue weighted by Crippen LogP contribution is 2.27. The van der Waals surface area contributed by atoms with E-state index < -0.39 is 0 Å². The molecule has 2 fully saturated rings. The second kappa shape index (κ2) is 3.01. The smallest absolute Gasteiger partial charge is 0.242 e. The lowest BCUT2D eigenvalue weighted by Crippen LogP contribution is -2.57. The number of nitrogens with zero attached hydrogens (tertiary/aromatic N) is 1. The molecule has 2 bridgehead atoms. The number of piperazine rings is 1. The minimum atomic E-state index is -0.175. The van der Waals surface area contributed by atoms with Crippen molar-refractivity contribution < 1.29 is 9.59 Å². The Morgan fingerprint density at radius 2 is 2.38 bits per heavy atom. The molecule has 72 valence electrons. The summed E-state index contributed by atoms with van der Waals surface area (Å²) < 4.78 is 0. The molecule has 2 rings (SSSR count). The molecule has 2 atom stereocenters. The monoisotopic (exact) mass is 182 g/mol. The van der Waals surface area contributed by atoms with Crippen LogP contribution in [0.15, 0.2) is 0 Å². The number of fused-ring (bicyclic) bond motifs is 2. The molecule has 2 heterocycles. The highest BCUT2D eigenvalue weighted by molar-refractivity contribution is 5.89. The molecule has 2 saturated heterocycles. The maximum absolute atomic E-state index is 11.5. The lowest BCUT2D eigenvalue weighted by molar-refractivity contribution is -0.143. The number of rotatable bonds is 1. The van der Waals surface area contributed by atoms with Gasteiger partial charge in [-0.05, 0) is 12.8 Å². The zero-order chi connectivity index (χ0) is 9.42. The summed E-state index contributed by atoms with van der Waals surface area (Å²) in [6, 6.07) is 0.0846. The van der Waals surface area contributed by atoms with Crippen LogP contribution in [0.25, 0.3) is 0 Å². The number of carbonyl (C=O) groups excluding carboxylic acids is 2. The van der Waals surface area contributed by atoms with Gasteiger partial charge in [0.05, 0.1) is 0 Å². The van der Waals surface area contributed by atoms with Crippen molar-refractivity contribution in [1.82, 2.24) is 10.2 Å². The fraction of sp³-hybridized carbons (Fsp3) is 0.778. The summed E-state index contributed by atoms with van der Waals surface area (Å²) in [7, 11) is 0. The highest BCUT2D eigenvalue weighted by atomic mass is 16.2. The van der Waals surface area contributed by atoms with Crippen molar-refractivity contribution in [3.8, 4) is 0 Å². The lowest BCUT2D eigenvalue weighted by atomic mass is 10.2. The summed E-state index contributed by atoms with van der Waals surface area (Å²) >= 11 is 0. The molecule has 0 aromatic carbocycles. The Labute approximate surface area is 77.3 Å². The Morgan fingerprint density at radius 3 is 3.08 bits per heavy atom. The van der Waals surface area contributed by atoms with Crippen LogP contribution in [-0.2, 0) is 9.59 Å². The first-order chi connectivity index (χ1) is 6.24. The van der Waals surface area contributed by atoms with Gasteiger partial charge in [0.15, 0.2) is 0 Å². The SMILES string of the molecule is CCC(=O)N1C2CCC1C(=O)NC2. The lowest BCUT2D eigenvalue weighted by Gasteiger charge is -2.34. The van der Waals surface area contributed by atoms with Gasteiger partial charge in [-0.1, -0.05) is 6.92 Å². The summed E-state index contributed by atoms with van der Waals surface area (Å²) in [5, 5.41) is 2.82. The molecular weight excluding hydrogens is 168 g/mol. The fourth-order valence-corrected chi connectivity index (χ4v) is 2.24. The number of amides is 2. The third-order valence-electron chi connectivity index (χ3n) is 2.91. The average Bonchev–Trinajstić information content (AvgIpc) is 2.48. The minimum Gasteiger partial charge on any atom is -0.352 e. The topological polar surface area (TPSA) is 49.4 Å². The first-order valence-electron chi connectivity index (χ1n) is 4.83. The second-order valence-corrected chi connectivity index (χ2v) is 3.65. The Bertz CT molecular complexity index is 252. The molecule has 2 amide bonds. The van der Waals surface area contributed by atoms with Gasteiger partial charge in [-0.3, -0.25) is 9.59 Å². The van der Waals surface area contributed by atoms with Gasteiger partial charge in [-0.15, -0.1) is 0 Å². The van der Waals surface area contributed by atoms with E-state index >= 15 is 0 Å². The summed E-state index contributed by atoms with van der Waals surface area (Å²) in [5.41, 5.74) is 0. The molecule has 2 unspecified atom stereocenters. The predicted molar refractivity (Wildman–Crippen MR) is 47.0 cm³/mol. The van der Waals surface area contributed by atoms with Crippen molar-refractivity contribution in [3.05, 3.63) is 0 Å². The van der Waals surface area contributed by atoms with Crippen LogP contribution in [0.1, 0.15) is 26.2 Å². The van der Waals surface area contributed by atoms with Crippen LogP contribution in [0.5, 0.6) is 0 Å². The minimum absolute atomic E-state index is 0.0237. The van der Waals surface area contributed by atoms with Crippen LogP contribution in [-0.4, -0.2) is 35.3 Å². The third kappa shape index (κ3) is 1.20. The summed E-state index contributed by atoms with van der Waals surface area (Å²) in [5.74, 6) is 0.137. The van der Waals surface area contributed by atoms with E-state index in [1.54, 1.807) is 4.90 Å². The number of hydrogen-bond acceptors (Lipinski definition) is 2. The van der Waals surface area contributed by atoms with E-state index in [1.165, 1.54) is 0 Å². The molecule has 0 aromatic rings. The van der Waals surface area contributed by atoms with Gasteiger partial charge in [-0.25, -0.2) is 0 Å². The molecule has 0 radical (unpaired) electrons. The molecule has 2 aliphatic heterocycles. The van der Waals surface area contributed by atoms with E-state index in [0.29, 0.717) is 13.0 Å². The maximum atomic E-state index is 11.5. The average molecular weight is 182 g/mol. The predicted octanol–water partition coefficient (Wildman–Crippen LogP) is -0.114. The zero-order valence-corrected chi connectivity index (χ0v) is 7.75. The van der Waals surface area contributed by atoms with Crippen LogP contribution >= 0.6 is 0 Å². The van der Waals surface area contributed by atoms with E-state index in [9.17, 15) is 9.59 Å². The van der Waals surface area contributed by atoms with Crippen molar-refractivity contribution in [3.63, 3.8) is 0 Å². The van der Waals surface area contributed by atoms with E-state index in [4.69, 9.17) is 0 Å². The molecule has 0 aromatic heterocycles. The van der Waals surface area contributed by atoms with Gasteiger partial charge in [0.2, 0.25) is 11.8 Å². The van der Waals surface area contributed by atoms with Crippen LogP contribution in [0.2, 0.25) is 0 Å². The number of carbonyl (C=O) groups is 2. The van der Waals surface area contributed by atoms with Crippen LogP contribution in [0.4, 0.5) is 0 Å². The standard InChI is InChI=1S/C9H14N2O2/c1-2-8(12)11-6-3-4-7(11)9(13)10-5-6/h6-7H,2-5H2,1H3,(H,10,13). The third-order valence-corrected chi connectivity index (χ3v) is 2.91. The van der Waals surface area contributed by atoms with E-state index in [-0.39, 0.29) is 23.9 Å². The molecular formula is C9H14N2O2. The molecule has 13 heavy (non-hydrogen) atoms. The Kier molecular flexibility index (Phi) is 1.98. The van der Waals surface area contributed by atoms with Crippen molar-refractivity contribution in [2.45, 2.75) is 38.3 Å². The van der Waals surface area contributed by atoms with Gasteiger partial charge in [0, 0.05) is 19.0 Å². The van der Waals surface area contributed by atoms with Crippen molar-refractivity contribution in [2.75, 3.05) is 6.54 Å². The van der Waals surface area contributed by atoms with Gasteiger partial charge >= 0.3 is 0 Å². The van der Waals surface area contributed by atoms with Gasteiger partial charge in [-0.2, -0.15) is 0 Å². The molecule has 0 saturated carbocycles. The first kappa shape index (κ1) is 8.53. The van der Waals surface area contributed by atoms with E-state index in [0.717, 1.165) is 12.8 Å².